The first-order valence-corrected chi connectivity index (χ1v) is 11.7. The van der Waals surface area contributed by atoms with Gasteiger partial charge in [0.1, 0.15) is 0 Å². The largest absolute Gasteiger partial charge is 0.469 e. The van der Waals surface area contributed by atoms with Crippen LogP contribution >= 0.6 is 0 Å². The normalized spacial score (nSPS) is 21.6. The Hall–Kier alpha value is -2.71. The molecule has 8 heteroatoms. The molecule has 8 nitrogen and oxygen atoms in total. The molecule has 1 fully saturated rings. The fourth-order valence-electron chi connectivity index (χ4n) is 4.56. The zero-order chi connectivity index (χ0) is 24.0. The van der Waals surface area contributed by atoms with E-state index < -0.39 is 17.4 Å². The van der Waals surface area contributed by atoms with Crippen LogP contribution in [-0.4, -0.2) is 54.8 Å². The highest BCUT2D eigenvalue weighted by molar-refractivity contribution is 6.08. The number of aliphatic hydroxyl groups excluding tert-OH is 1. The van der Waals surface area contributed by atoms with Crippen LogP contribution in [0.2, 0.25) is 0 Å². The Balaban J connectivity index is 1.92. The van der Waals surface area contributed by atoms with E-state index in [1.165, 1.54) is 7.11 Å². The number of benzene rings is 1. The summed E-state index contributed by atoms with van der Waals surface area (Å²) >= 11 is 0. The molecule has 2 atom stereocenters. The van der Waals surface area contributed by atoms with Gasteiger partial charge in [-0.1, -0.05) is 19.1 Å². The Morgan fingerprint density at radius 1 is 1.27 bits per heavy atom. The average molecular weight is 459 g/mol. The Kier molecular flexibility index (Phi) is 8.26. The van der Waals surface area contributed by atoms with E-state index in [9.17, 15) is 19.5 Å². The molecule has 33 heavy (non-hydrogen) atoms. The maximum absolute atomic E-state index is 13.5. The first kappa shape index (κ1) is 24.9. The maximum Gasteiger partial charge on any atom is 0.305 e. The molecule has 3 rings (SSSR count). The smallest absolute Gasteiger partial charge is 0.305 e. The summed E-state index contributed by atoms with van der Waals surface area (Å²) in [5.41, 5.74) is 0.0100. The topological polar surface area (TPSA) is 107 Å². The molecule has 0 aliphatic carbocycles. The SMILES string of the molecule is COC(=O)CCCCN1C(=O)[C@@](O)([C@@H](C)/C=C/CCO)c2cc(N3CCCCC3=O)ccc21. The fourth-order valence-corrected chi connectivity index (χ4v) is 4.56. The van der Waals surface area contributed by atoms with E-state index >= 15 is 0 Å². The van der Waals surface area contributed by atoms with Crippen LogP contribution in [-0.2, 0) is 24.7 Å². The van der Waals surface area contributed by atoms with Crippen molar-refractivity contribution in [1.82, 2.24) is 0 Å². The van der Waals surface area contributed by atoms with Crippen LogP contribution in [0.5, 0.6) is 0 Å². The molecule has 1 aromatic carbocycles. The fraction of sp³-hybridized carbons (Fsp3) is 0.560. The zero-order valence-corrected chi connectivity index (χ0v) is 19.5. The number of nitrogens with zero attached hydrogens (tertiary/aromatic N) is 2. The van der Waals surface area contributed by atoms with Crippen molar-refractivity contribution in [2.45, 2.75) is 57.5 Å². The maximum atomic E-state index is 13.5. The third kappa shape index (κ3) is 5.12. The minimum absolute atomic E-state index is 0.0142. The van der Waals surface area contributed by atoms with E-state index in [2.05, 4.69) is 4.74 Å². The van der Waals surface area contributed by atoms with E-state index in [1.54, 1.807) is 41.0 Å². The van der Waals surface area contributed by atoms with Crippen molar-refractivity contribution in [3.63, 3.8) is 0 Å². The number of anilines is 2. The van der Waals surface area contributed by atoms with Gasteiger partial charge in [0.15, 0.2) is 5.60 Å². The summed E-state index contributed by atoms with van der Waals surface area (Å²) in [4.78, 5) is 40.7. The Morgan fingerprint density at radius 2 is 2.06 bits per heavy atom. The molecule has 2 N–H and O–H groups in total. The summed E-state index contributed by atoms with van der Waals surface area (Å²) in [6, 6.07) is 5.39. The van der Waals surface area contributed by atoms with E-state index in [1.807, 2.05) is 6.07 Å². The highest BCUT2D eigenvalue weighted by Crippen LogP contribution is 2.47. The number of ether oxygens (including phenoxy) is 1. The highest BCUT2D eigenvalue weighted by Gasteiger charge is 2.52. The number of piperidine rings is 1. The summed E-state index contributed by atoms with van der Waals surface area (Å²) in [6.07, 6.45) is 7.63. The summed E-state index contributed by atoms with van der Waals surface area (Å²) in [7, 11) is 1.35. The van der Waals surface area contributed by atoms with Crippen LogP contribution < -0.4 is 9.80 Å². The number of esters is 1. The first-order valence-electron chi connectivity index (χ1n) is 11.7. The van der Waals surface area contributed by atoms with E-state index in [0.29, 0.717) is 55.7 Å². The zero-order valence-electron chi connectivity index (χ0n) is 19.5. The van der Waals surface area contributed by atoms with Gasteiger partial charge in [0.2, 0.25) is 5.91 Å². The molecule has 2 heterocycles. The van der Waals surface area contributed by atoms with Crippen LogP contribution in [0.4, 0.5) is 11.4 Å². The van der Waals surface area contributed by atoms with Gasteiger partial charge in [0, 0.05) is 49.7 Å². The van der Waals surface area contributed by atoms with Crippen molar-refractivity contribution in [2.24, 2.45) is 5.92 Å². The summed E-state index contributed by atoms with van der Waals surface area (Å²) in [6.45, 7) is 2.74. The molecular formula is C25H34N2O6. The van der Waals surface area contributed by atoms with Crippen LogP contribution in [0.1, 0.15) is 57.4 Å². The van der Waals surface area contributed by atoms with Gasteiger partial charge < -0.3 is 24.7 Å². The second-order valence-corrected chi connectivity index (χ2v) is 8.69. The predicted molar refractivity (Wildman–Crippen MR) is 125 cm³/mol. The Bertz CT molecular complexity index is 914. The van der Waals surface area contributed by atoms with Crippen molar-refractivity contribution in [1.29, 1.82) is 0 Å². The molecule has 2 aliphatic heterocycles. The van der Waals surface area contributed by atoms with Gasteiger partial charge >= 0.3 is 5.97 Å². The minimum Gasteiger partial charge on any atom is -0.469 e. The van der Waals surface area contributed by atoms with Crippen LogP contribution in [0.25, 0.3) is 0 Å². The monoisotopic (exact) mass is 458 g/mol. The lowest BCUT2D eigenvalue weighted by atomic mass is 9.82. The number of methoxy groups -OCH3 is 1. The molecule has 0 unspecified atom stereocenters. The van der Waals surface area contributed by atoms with E-state index in [-0.39, 0.29) is 24.9 Å². The number of hydrogen-bond donors (Lipinski definition) is 2. The molecule has 0 saturated carbocycles. The third-order valence-corrected chi connectivity index (χ3v) is 6.51. The molecule has 0 spiro atoms. The molecule has 1 aromatic rings. The summed E-state index contributed by atoms with van der Waals surface area (Å²) < 4.78 is 4.67. The highest BCUT2D eigenvalue weighted by atomic mass is 16.5. The molecule has 2 aliphatic rings. The number of rotatable bonds is 10. The van der Waals surface area contributed by atoms with Crippen molar-refractivity contribution in [3.05, 3.63) is 35.9 Å². The quantitative estimate of drug-likeness (QED) is 0.317. The first-order chi connectivity index (χ1) is 15.8. The number of carbonyl (C=O) groups is 3. The molecule has 1 saturated heterocycles. The van der Waals surface area contributed by atoms with Crippen molar-refractivity contribution in [2.75, 3.05) is 36.6 Å². The molecular weight excluding hydrogens is 424 g/mol. The lowest BCUT2D eigenvalue weighted by Gasteiger charge is -2.30. The van der Waals surface area contributed by atoms with Gasteiger partial charge in [-0.25, -0.2) is 0 Å². The standard InChI is InChI=1S/C25H34N2O6/c1-18(9-5-8-16-28)25(32)20-17-19(26-14-6-3-10-22(26)29)12-13-21(20)27(24(25)31)15-7-4-11-23(30)33-2/h5,9,12-13,17-18,28,32H,3-4,6-8,10-11,14-16H2,1-2H3/b9-5+/t18-,25+/m0/s1. The molecule has 180 valence electrons. The van der Waals surface area contributed by atoms with E-state index in [0.717, 1.165) is 12.8 Å². The number of hydrogen-bond acceptors (Lipinski definition) is 6. The molecule has 0 bridgehead atoms. The van der Waals surface area contributed by atoms with Gasteiger partial charge in [0.05, 0.1) is 12.8 Å². The minimum atomic E-state index is -1.78. The van der Waals surface area contributed by atoms with E-state index in [4.69, 9.17) is 5.11 Å². The second kappa shape index (κ2) is 10.9. The van der Waals surface area contributed by atoms with Crippen molar-refractivity contribution < 1.29 is 29.3 Å². The van der Waals surface area contributed by atoms with Gasteiger partial charge in [-0.2, -0.15) is 0 Å². The van der Waals surface area contributed by atoms with Crippen LogP contribution in [0.3, 0.4) is 0 Å². The average Bonchev–Trinajstić information content (AvgIpc) is 3.04. The van der Waals surface area contributed by atoms with Crippen molar-refractivity contribution in [3.8, 4) is 0 Å². The summed E-state index contributed by atoms with van der Waals surface area (Å²) in [5, 5.41) is 20.8. The number of amides is 2. The van der Waals surface area contributed by atoms with Gasteiger partial charge in [0.25, 0.3) is 5.91 Å². The van der Waals surface area contributed by atoms with Crippen LogP contribution in [0.15, 0.2) is 30.4 Å². The Morgan fingerprint density at radius 3 is 2.76 bits per heavy atom. The summed E-state index contributed by atoms with van der Waals surface area (Å²) in [5.74, 6) is -1.20. The van der Waals surface area contributed by atoms with Crippen LogP contribution in [0, 0.1) is 5.92 Å². The third-order valence-electron chi connectivity index (χ3n) is 6.51. The lowest BCUT2D eigenvalue weighted by Crippen LogP contribution is -2.44. The van der Waals surface area contributed by atoms with Crippen molar-refractivity contribution >= 4 is 29.2 Å². The number of unbranched alkanes of at least 4 members (excludes halogenated alkanes) is 1. The molecule has 0 radical (unpaired) electrons. The number of fused-ring (bicyclic) bond motifs is 1. The molecule has 2 amide bonds. The van der Waals surface area contributed by atoms with Gasteiger partial charge in [-0.3, -0.25) is 14.4 Å². The number of aliphatic hydroxyl groups is 2. The number of carbonyl (C=O) groups excluding carboxylic acids is 3. The second-order valence-electron chi connectivity index (χ2n) is 8.69. The van der Waals surface area contributed by atoms with Gasteiger partial charge in [-0.15, -0.1) is 0 Å². The molecule has 0 aromatic heterocycles. The lowest BCUT2D eigenvalue weighted by molar-refractivity contribution is -0.140. The Labute approximate surface area is 194 Å². The van der Waals surface area contributed by atoms with Gasteiger partial charge in [-0.05, 0) is 50.3 Å². The predicted octanol–water partition coefficient (Wildman–Crippen LogP) is 2.66.